The molecular weight excluding hydrogens is 326 g/mol. The van der Waals surface area contributed by atoms with Crippen molar-refractivity contribution in [1.82, 2.24) is 0 Å². The minimum atomic E-state index is -0.0726. The highest BCUT2D eigenvalue weighted by atomic mass is 16.5. The third kappa shape index (κ3) is 2.93. The summed E-state index contributed by atoms with van der Waals surface area (Å²) in [7, 11) is 1.72. The van der Waals surface area contributed by atoms with Gasteiger partial charge in [0.2, 0.25) is 0 Å². The Kier molecular flexibility index (Phi) is 4.35. The van der Waals surface area contributed by atoms with Crippen LogP contribution in [0.25, 0.3) is 11.1 Å². The molecule has 0 bridgehead atoms. The predicted molar refractivity (Wildman–Crippen MR) is 103 cm³/mol. The summed E-state index contributed by atoms with van der Waals surface area (Å²) in [5.74, 6) is 0.266. The number of para-hydroxylation sites is 1. The third-order valence-electron chi connectivity index (χ3n) is 5.11. The quantitative estimate of drug-likeness (QED) is 0.645. The number of hydrogen-bond donors (Lipinski definition) is 2. The molecule has 2 aromatic carbocycles. The second kappa shape index (κ2) is 6.81. The maximum Gasteiger partial charge on any atom is 0.256 e. The lowest BCUT2D eigenvalue weighted by Crippen LogP contribution is -2.17. The number of nitrogens with one attached hydrogen (secondary N) is 1. The summed E-state index contributed by atoms with van der Waals surface area (Å²) in [6.45, 7) is 0. The molecule has 4 nitrogen and oxygen atoms in total. The molecule has 2 atom stereocenters. The third-order valence-corrected chi connectivity index (χ3v) is 5.11. The van der Waals surface area contributed by atoms with Crippen molar-refractivity contribution in [2.45, 2.75) is 18.9 Å². The Morgan fingerprint density at radius 3 is 2.54 bits per heavy atom. The molecule has 2 aliphatic rings. The van der Waals surface area contributed by atoms with Crippen molar-refractivity contribution < 1.29 is 14.6 Å². The van der Waals surface area contributed by atoms with Gasteiger partial charge in [-0.25, -0.2) is 0 Å². The molecule has 0 aromatic heterocycles. The monoisotopic (exact) mass is 347 g/mol. The molecule has 1 aliphatic heterocycles. The van der Waals surface area contributed by atoms with E-state index in [9.17, 15) is 9.90 Å². The first-order chi connectivity index (χ1) is 12.7. The molecule has 0 spiro atoms. The Bertz CT molecular complexity index is 896. The van der Waals surface area contributed by atoms with E-state index in [4.69, 9.17) is 4.74 Å². The van der Waals surface area contributed by atoms with Gasteiger partial charge in [0.05, 0.1) is 11.7 Å². The second-order valence-electron chi connectivity index (χ2n) is 6.68. The highest BCUT2D eigenvalue weighted by Gasteiger charge is 2.31. The molecule has 2 unspecified atom stereocenters. The van der Waals surface area contributed by atoms with Crippen LogP contribution in [-0.2, 0) is 9.53 Å². The van der Waals surface area contributed by atoms with Gasteiger partial charge in [-0.05, 0) is 42.2 Å². The number of phenolic OH excluding ortho intramolecular Hbond substituents is 1. The number of anilines is 1. The van der Waals surface area contributed by atoms with Crippen molar-refractivity contribution in [2.75, 3.05) is 12.4 Å². The minimum absolute atomic E-state index is 0.0726. The van der Waals surface area contributed by atoms with Crippen LogP contribution < -0.4 is 5.32 Å². The zero-order valence-electron chi connectivity index (χ0n) is 14.6. The number of fused-ring (bicyclic) bond motifs is 1. The molecule has 0 radical (unpaired) electrons. The standard InChI is InChI=1S/C22H21NO3/c1-26-17-12-8-15(9-13-17)20(14-6-10-16(24)11-7-14)21-18-4-2-3-5-19(18)23-22(21)25/h2-8,10-12,15,17,24H,9,13H2,1H3,(H,23,25)/b21-20+. The van der Waals surface area contributed by atoms with Crippen LogP contribution in [0.15, 0.2) is 60.7 Å². The number of carbonyl (C=O) groups is 1. The lowest BCUT2D eigenvalue weighted by Gasteiger charge is -2.26. The van der Waals surface area contributed by atoms with Crippen molar-refractivity contribution in [3.63, 3.8) is 0 Å². The number of ether oxygens (including phenoxy) is 1. The van der Waals surface area contributed by atoms with Gasteiger partial charge >= 0.3 is 0 Å². The molecule has 1 amide bonds. The molecule has 1 heterocycles. The second-order valence-corrected chi connectivity index (χ2v) is 6.68. The van der Waals surface area contributed by atoms with Crippen LogP contribution in [-0.4, -0.2) is 24.2 Å². The van der Waals surface area contributed by atoms with E-state index in [-0.39, 0.29) is 23.7 Å². The molecule has 2 aromatic rings. The fraction of sp³-hybridized carbons (Fsp3) is 0.227. The zero-order chi connectivity index (χ0) is 18.1. The van der Waals surface area contributed by atoms with Gasteiger partial charge in [0.25, 0.3) is 5.91 Å². The lowest BCUT2D eigenvalue weighted by molar-refractivity contribution is -0.110. The molecule has 0 saturated heterocycles. The maximum atomic E-state index is 12.8. The molecule has 0 saturated carbocycles. The van der Waals surface area contributed by atoms with Crippen molar-refractivity contribution in [2.24, 2.45) is 5.92 Å². The zero-order valence-corrected chi connectivity index (χ0v) is 14.6. The number of benzene rings is 2. The van der Waals surface area contributed by atoms with Gasteiger partial charge in [-0.3, -0.25) is 4.79 Å². The molecule has 4 heteroatoms. The van der Waals surface area contributed by atoms with E-state index < -0.39 is 0 Å². The molecule has 1 aliphatic carbocycles. The van der Waals surface area contributed by atoms with Crippen LogP contribution in [0.2, 0.25) is 0 Å². The van der Waals surface area contributed by atoms with Crippen LogP contribution in [0, 0.1) is 5.92 Å². The highest BCUT2D eigenvalue weighted by molar-refractivity contribution is 6.37. The van der Waals surface area contributed by atoms with Gasteiger partial charge in [-0.15, -0.1) is 0 Å². The lowest BCUT2D eigenvalue weighted by atomic mass is 9.80. The fourth-order valence-electron chi connectivity index (χ4n) is 3.80. The van der Waals surface area contributed by atoms with Crippen molar-refractivity contribution in [3.8, 4) is 5.75 Å². The number of methoxy groups -OCH3 is 1. The number of hydrogen-bond acceptors (Lipinski definition) is 3. The summed E-state index contributed by atoms with van der Waals surface area (Å²) < 4.78 is 5.43. The van der Waals surface area contributed by atoms with Gasteiger partial charge in [-0.1, -0.05) is 42.5 Å². The van der Waals surface area contributed by atoms with Gasteiger partial charge < -0.3 is 15.2 Å². The smallest absolute Gasteiger partial charge is 0.256 e. The van der Waals surface area contributed by atoms with Crippen LogP contribution in [0.5, 0.6) is 5.75 Å². The first kappa shape index (κ1) is 16.6. The Balaban J connectivity index is 1.89. The Morgan fingerprint density at radius 2 is 1.85 bits per heavy atom. The number of allylic oxidation sites excluding steroid dienone is 2. The van der Waals surface area contributed by atoms with E-state index >= 15 is 0 Å². The molecule has 132 valence electrons. The Labute approximate surface area is 152 Å². The van der Waals surface area contributed by atoms with Crippen LogP contribution >= 0.6 is 0 Å². The predicted octanol–water partition coefficient (Wildman–Crippen LogP) is 4.24. The van der Waals surface area contributed by atoms with Crippen molar-refractivity contribution in [1.29, 1.82) is 0 Å². The first-order valence-electron chi connectivity index (χ1n) is 8.83. The number of amides is 1. The van der Waals surface area contributed by atoms with Gasteiger partial charge in [0.15, 0.2) is 0 Å². The number of carbonyl (C=O) groups excluding carboxylic acids is 1. The molecule has 0 fully saturated rings. The minimum Gasteiger partial charge on any atom is -0.508 e. The molecule has 26 heavy (non-hydrogen) atoms. The van der Waals surface area contributed by atoms with Crippen LogP contribution in [0.1, 0.15) is 24.0 Å². The van der Waals surface area contributed by atoms with Gasteiger partial charge in [0.1, 0.15) is 5.75 Å². The number of phenols is 1. The fourth-order valence-corrected chi connectivity index (χ4v) is 3.80. The normalized spacial score (nSPS) is 23.5. The summed E-state index contributed by atoms with van der Waals surface area (Å²) in [5, 5.41) is 12.6. The van der Waals surface area contributed by atoms with E-state index in [1.54, 1.807) is 19.2 Å². The van der Waals surface area contributed by atoms with E-state index in [0.29, 0.717) is 0 Å². The van der Waals surface area contributed by atoms with Crippen molar-refractivity contribution in [3.05, 3.63) is 71.8 Å². The summed E-state index contributed by atoms with van der Waals surface area (Å²) in [5.41, 5.74) is 4.45. The summed E-state index contributed by atoms with van der Waals surface area (Å²) in [6, 6.07) is 14.9. The van der Waals surface area contributed by atoms with Crippen LogP contribution in [0.4, 0.5) is 5.69 Å². The van der Waals surface area contributed by atoms with Gasteiger partial charge in [0, 0.05) is 24.3 Å². The first-order valence-corrected chi connectivity index (χ1v) is 8.83. The van der Waals surface area contributed by atoms with Crippen LogP contribution in [0.3, 0.4) is 0 Å². The average Bonchev–Trinajstić information content (AvgIpc) is 3.00. The number of aromatic hydroxyl groups is 1. The highest BCUT2D eigenvalue weighted by Crippen LogP contribution is 2.43. The average molecular weight is 347 g/mol. The van der Waals surface area contributed by atoms with E-state index in [0.717, 1.165) is 40.8 Å². The topological polar surface area (TPSA) is 58.6 Å². The Hall–Kier alpha value is -2.85. The molecular formula is C22H21NO3. The van der Waals surface area contributed by atoms with Gasteiger partial charge in [-0.2, -0.15) is 0 Å². The number of rotatable bonds is 3. The molecule has 4 rings (SSSR count). The Morgan fingerprint density at radius 1 is 1.08 bits per heavy atom. The van der Waals surface area contributed by atoms with Crippen molar-refractivity contribution >= 4 is 22.7 Å². The summed E-state index contributed by atoms with van der Waals surface area (Å²) >= 11 is 0. The SMILES string of the molecule is COC1C=CC(/C(=C2/C(=O)Nc3ccccc32)c2ccc(O)cc2)CC1. The maximum absolute atomic E-state index is 12.8. The summed E-state index contributed by atoms with van der Waals surface area (Å²) in [6.07, 6.45) is 6.16. The van der Waals surface area contributed by atoms with E-state index in [1.165, 1.54) is 0 Å². The molecule has 2 N–H and O–H groups in total. The largest absolute Gasteiger partial charge is 0.508 e. The summed E-state index contributed by atoms with van der Waals surface area (Å²) in [4.78, 5) is 12.8. The van der Waals surface area contributed by atoms with E-state index in [1.807, 2.05) is 36.4 Å². The van der Waals surface area contributed by atoms with E-state index in [2.05, 4.69) is 17.5 Å².